The van der Waals surface area contributed by atoms with E-state index in [4.69, 9.17) is 0 Å². The van der Waals surface area contributed by atoms with Crippen LogP contribution in [0.15, 0.2) is 34.4 Å². The van der Waals surface area contributed by atoms with E-state index in [1.54, 1.807) is 22.2 Å². The molecule has 6 heteroatoms. The molecule has 0 aliphatic rings. The summed E-state index contributed by atoms with van der Waals surface area (Å²) < 4.78 is 2.77. The molecule has 0 bridgehead atoms. The third-order valence-corrected chi connectivity index (χ3v) is 3.63. The summed E-state index contributed by atoms with van der Waals surface area (Å²) in [6.07, 6.45) is 1.60. The summed E-state index contributed by atoms with van der Waals surface area (Å²) in [5, 5.41) is 12.1. The second-order valence-corrected chi connectivity index (χ2v) is 5.42. The molecule has 0 N–H and O–H groups in total. The standard InChI is InChI=1S/C9H5BrN4S/c10-8-3-2-7(15-8)6-1-4-9-12-11-5-14(9)13-6/h1-5H. The molecule has 0 fully saturated rings. The number of halogens is 1. The van der Waals surface area contributed by atoms with Gasteiger partial charge in [-0.15, -0.1) is 21.5 Å². The number of hydrogen-bond acceptors (Lipinski definition) is 4. The van der Waals surface area contributed by atoms with Gasteiger partial charge < -0.3 is 0 Å². The number of thiophene rings is 1. The highest BCUT2D eigenvalue weighted by atomic mass is 79.9. The summed E-state index contributed by atoms with van der Waals surface area (Å²) in [5.41, 5.74) is 1.69. The second kappa shape index (κ2) is 3.39. The first-order valence-electron chi connectivity index (χ1n) is 4.26. The van der Waals surface area contributed by atoms with Crippen LogP contribution in [0.3, 0.4) is 0 Å². The lowest BCUT2D eigenvalue weighted by molar-refractivity contribution is 0.934. The Hall–Kier alpha value is -1.27. The van der Waals surface area contributed by atoms with Crippen molar-refractivity contribution < 1.29 is 0 Å². The second-order valence-electron chi connectivity index (χ2n) is 2.96. The van der Waals surface area contributed by atoms with Crippen molar-refractivity contribution in [2.45, 2.75) is 0 Å². The molecule has 3 rings (SSSR count). The fourth-order valence-electron chi connectivity index (χ4n) is 1.31. The van der Waals surface area contributed by atoms with Crippen LogP contribution in [0.5, 0.6) is 0 Å². The molecule has 4 nitrogen and oxygen atoms in total. The predicted octanol–water partition coefficient (Wildman–Crippen LogP) is 2.62. The lowest BCUT2D eigenvalue weighted by Gasteiger charge is -1.96. The highest BCUT2D eigenvalue weighted by molar-refractivity contribution is 9.11. The largest absolute Gasteiger partial charge is 0.200 e. The van der Waals surface area contributed by atoms with Gasteiger partial charge in [0.05, 0.1) is 8.66 Å². The van der Waals surface area contributed by atoms with Crippen LogP contribution < -0.4 is 0 Å². The Balaban J connectivity index is 2.18. The molecule has 0 unspecified atom stereocenters. The van der Waals surface area contributed by atoms with Crippen molar-refractivity contribution in [2.75, 3.05) is 0 Å². The molecule has 74 valence electrons. The van der Waals surface area contributed by atoms with Gasteiger partial charge >= 0.3 is 0 Å². The van der Waals surface area contributed by atoms with Crippen LogP contribution in [0.4, 0.5) is 0 Å². The summed E-state index contributed by atoms with van der Waals surface area (Å²) in [5.74, 6) is 0. The summed E-state index contributed by atoms with van der Waals surface area (Å²) >= 11 is 5.08. The lowest BCUT2D eigenvalue weighted by atomic mass is 10.3. The molecule has 0 saturated heterocycles. The van der Waals surface area contributed by atoms with E-state index < -0.39 is 0 Å². The Morgan fingerprint density at radius 2 is 2.13 bits per heavy atom. The molecule has 0 radical (unpaired) electrons. The first-order valence-corrected chi connectivity index (χ1v) is 5.87. The lowest BCUT2D eigenvalue weighted by Crippen LogP contribution is -1.91. The maximum Gasteiger partial charge on any atom is 0.177 e. The molecular formula is C9H5BrN4S. The van der Waals surface area contributed by atoms with E-state index in [1.807, 2.05) is 24.3 Å². The van der Waals surface area contributed by atoms with Crippen molar-refractivity contribution in [1.29, 1.82) is 0 Å². The maximum absolute atomic E-state index is 4.40. The summed E-state index contributed by atoms with van der Waals surface area (Å²) in [6.45, 7) is 0. The first kappa shape index (κ1) is 8.99. The Labute approximate surface area is 97.7 Å². The molecule has 0 saturated carbocycles. The van der Waals surface area contributed by atoms with E-state index >= 15 is 0 Å². The van der Waals surface area contributed by atoms with E-state index in [1.165, 1.54) is 0 Å². The summed E-state index contributed by atoms with van der Waals surface area (Å²) in [4.78, 5) is 1.12. The van der Waals surface area contributed by atoms with Crippen molar-refractivity contribution in [2.24, 2.45) is 0 Å². The van der Waals surface area contributed by atoms with Crippen LogP contribution in [-0.2, 0) is 0 Å². The number of fused-ring (bicyclic) bond motifs is 1. The van der Waals surface area contributed by atoms with Crippen LogP contribution in [0, 0.1) is 0 Å². The minimum Gasteiger partial charge on any atom is -0.200 e. The Morgan fingerprint density at radius 3 is 2.93 bits per heavy atom. The topological polar surface area (TPSA) is 43.1 Å². The van der Waals surface area contributed by atoms with Crippen molar-refractivity contribution in [3.05, 3.63) is 34.4 Å². The average Bonchev–Trinajstić information content (AvgIpc) is 2.84. The van der Waals surface area contributed by atoms with Crippen LogP contribution in [0.1, 0.15) is 0 Å². The van der Waals surface area contributed by atoms with Crippen molar-refractivity contribution in [3.8, 4) is 10.6 Å². The van der Waals surface area contributed by atoms with Gasteiger partial charge in [-0.25, -0.2) is 0 Å². The molecule has 0 spiro atoms. The van der Waals surface area contributed by atoms with Crippen LogP contribution in [0.25, 0.3) is 16.2 Å². The van der Waals surface area contributed by atoms with Gasteiger partial charge in [-0.05, 0) is 40.2 Å². The number of hydrogen-bond donors (Lipinski definition) is 0. The van der Waals surface area contributed by atoms with Gasteiger partial charge in [0.1, 0.15) is 12.0 Å². The molecule has 0 atom stereocenters. The minimum absolute atomic E-state index is 0.759. The summed E-state index contributed by atoms with van der Waals surface area (Å²) in [7, 11) is 0. The zero-order valence-electron chi connectivity index (χ0n) is 7.46. The fraction of sp³-hybridized carbons (Fsp3) is 0. The van der Waals surface area contributed by atoms with E-state index in [0.29, 0.717) is 0 Å². The predicted molar refractivity (Wildman–Crippen MR) is 61.8 cm³/mol. The van der Waals surface area contributed by atoms with Gasteiger partial charge in [0.25, 0.3) is 0 Å². The van der Waals surface area contributed by atoms with E-state index in [9.17, 15) is 0 Å². The van der Waals surface area contributed by atoms with Gasteiger partial charge in [-0.1, -0.05) is 0 Å². The Morgan fingerprint density at radius 1 is 1.20 bits per heavy atom. The molecule has 3 aromatic heterocycles. The third kappa shape index (κ3) is 1.55. The van der Waals surface area contributed by atoms with Crippen molar-refractivity contribution in [3.63, 3.8) is 0 Å². The van der Waals surface area contributed by atoms with E-state index in [0.717, 1.165) is 20.0 Å². The average molecular weight is 281 g/mol. The van der Waals surface area contributed by atoms with Gasteiger partial charge in [0.15, 0.2) is 5.65 Å². The van der Waals surface area contributed by atoms with Crippen LogP contribution >= 0.6 is 27.3 Å². The highest BCUT2D eigenvalue weighted by Crippen LogP contribution is 2.29. The van der Waals surface area contributed by atoms with Gasteiger partial charge in [0.2, 0.25) is 0 Å². The minimum atomic E-state index is 0.759. The molecule has 0 aromatic carbocycles. The van der Waals surface area contributed by atoms with Gasteiger partial charge in [0, 0.05) is 0 Å². The fourth-order valence-corrected chi connectivity index (χ4v) is 2.66. The van der Waals surface area contributed by atoms with Gasteiger partial charge in [-0.3, -0.25) is 0 Å². The normalized spacial score (nSPS) is 11.0. The zero-order valence-corrected chi connectivity index (χ0v) is 9.86. The first-order chi connectivity index (χ1) is 7.33. The van der Waals surface area contributed by atoms with E-state index in [2.05, 4.69) is 31.2 Å². The Bertz CT molecular complexity index is 615. The smallest absolute Gasteiger partial charge is 0.177 e. The summed E-state index contributed by atoms with van der Waals surface area (Å²) in [6, 6.07) is 7.90. The van der Waals surface area contributed by atoms with Crippen molar-refractivity contribution >= 4 is 32.9 Å². The van der Waals surface area contributed by atoms with Crippen LogP contribution in [-0.4, -0.2) is 19.8 Å². The molecule has 15 heavy (non-hydrogen) atoms. The molecule has 0 aliphatic heterocycles. The molecular weight excluding hydrogens is 276 g/mol. The molecule has 0 amide bonds. The zero-order chi connectivity index (χ0) is 10.3. The monoisotopic (exact) mass is 280 g/mol. The number of nitrogens with zero attached hydrogens (tertiary/aromatic N) is 4. The van der Waals surface area contributed by atoms with Crippen LogP contribution in [0.2, 0.25) is 0 Å². The molecule has 3 heterocycles. The highest BCUT2D eigenvalue weighted by Gasteiger charge is 2.04. The number of rotatable bonds is 1. The molecule has 3 aromatic rings. The quantitative estimate of drug-likeness (QED) is 0.688. The van der Waals surface area contributed by atoms with E-state index in [-0.39, 0.29) is 0 Å². The SMILES string of the molecule is Brc1ccc(-c2ccc3nncn3n2)s1. The Kier molecular flexibility index (Phi) is 2.03. The number of aromatic nitrogens is 4. The van der Waals surface area contributed by atoms with Gasteiger partial charge in [-0.2, -0.15) is 9.61 Å². The van der Waals surface area contributed by atoms with Crippen molar-refractivity contribution in [1.82, 2.24) is 19.8 Å². The maximum atomic E-state index is 4.40. The molecule has 0 aliphatic carbocycles. The third-order valence-electron chi connectivity index (χ3n) is 1.99.